The van der Waals surface area contributed by atoms with Gasteiger partial charge >= 0.3 is 6.09 Å². The van der Waals surface area contributed by atoms with Crippen LogP contribution in [0, 0.1) is 11.8 Å². The summed E-state index contributed by atoms with van der Waals surface area (Å²) in [5.41, 5.74) is 0. The van der Waals surface area contributed by atoms with E-state index in [1.165, 1.54) is 19.1 Å². The monoisotopic (exact) mass is 230 g/mol. The molecule has 0 spiro atoms. The summed E-state index contributed by atoms with van der Waals surface area (Å²) in [7, 11) is 2.95. The lowest BCUT2D eigenvalue weighted by Crippen LogP contribution is -2.48. The number of likely N-dealkylation sites (tertiary alicyclic amines) is 1. The molecule has 2 amide bonds. The summed E-state index contributed by atoms with van der Waals surface area (Å²) in [4.78, 5) is 28.8. The maximum absolute atomic E-state index is 11.9. The van der Waals surface area contributed by atoms with E-state index < -0.39 is 6.09 Å². The van der Waals surface area contributed by atoms with Gasteiger partial charge < -0.3 is 10.0 Å². The Bertz CT molecular complexity index is 282. The number of amides is 2. The van der Waals surface area contributed by atoms with Crippen molar-refractivity contribution < 1.29 is 19.5 Å². The third kappa shape index (κ3) is 2.63. The second-order valence-corrected chi connectivity index (χ2v) is 4.12. The molecule has 1 heterocycles. The molecule has 0 saturated carbocycles. The van der Waals surface area contributed by atoms with Crippen LogP contribution >= 0.6 is 0 Å². The van der Waals surface area contributed by atoms with Gasteiger partial charge in [-0.25, -0.2) is 9.86 Å². The number of nitrogens with zero attached hydrogens (tertiary/aromatic N) is 2. The third-order valence-electron chi connectivity index (χ3n) is 3.13. The highest BCUT2D eigenvalue weighted by molar-refractivity contribution is 5.79. The minimum absolute atomic E-state index is 0.166. The second-order valence-electron chi connectivity index (χ2n) is 4.12. The fourth-order valence-electron chi connectivity index (χ4n) is 1.89. The van der Waals surface area contributed by atoms with Crippen molar-refractivity contribution in [3.63, 3.8) is 0 Å². The predicted molar refractivity (Wildman–Crippen MR) is 56.6 cm³/mol. The van der Waals surface area contributed by atoms with Crippen molar-refractivity contribution in [2.24, 2.45) is 11.8 Å². The molecule has 2 unspecified atom stereocenters. The van der Waals surface area contributed by atoms with Gasteiger partial charge in [-0.15, -0.1) is 0 Å². The molecule has 0 aromatic carbocycles. The Kier molecular flexibility index (Phi) is 4.12. The Morgan fingerprint density at radius 3 is 2.62 bits per heavy atom. The van der Waals surface area contributed by atoms with E-state index in [0.29, 0.717) is 13.0 Å². The lowest BCUT2D eigenvalue weighted by atomic mass is 9.86. The number of carbonyl (C=O) groups excluding carboxylic acids is 1. The maximum Gasteiger partial charge on any atom is 0.407 e. The van der Waals surface area contributed by atoms with E-state index in [0.717, 1.165) is 5.06 Å². The predicted octanol–water partition coefficient (Wildman–Crippen LogP) is 0.642. The summed E-state index contributed by atoms with van der Waals surface area (Å²) < 4.78 is 0. The fraction of sp³-hybridized carbons (Fsp3) is 0.800. The first-order valence-electron chi connectivity index (χ1n) is 5.27. The van der Waals surface area contributed by atoms with Crippen molar-refractivity contribution in [3.8, 4) is 0 Å². The van der Waals surface area contributed by atoms with Crippen molar-refractivity contribution >= 4 is 12.0 Å². The van der Waals surface area contributed by atoms with Crippen LogP contribution in [-0.4, -0.2) is 54.3 Å². The highest BCUT2D eigenvalue weighted by Gasteiger charge is 2.35. The van der Waals surface area contributed by atoms with E-state index in [9.17, 15) is 9.59 Å². The van der Waals surface area contributed by atoms with E-state index >= 15 is 0 Å². The molecule has 2 atom stereocenters. The standard InChI is InChI=1S/C10H18N2O4/c1-7-4-5-12(10(14)15)6-8(7)9(13)11(2)16-3/h7-8H,4-6H2,1-3H3,(H,14,15). The van der Waals surface area contributed by atoms with E-state index in [-0.39, 0.29) is 24.3 Å². The van der Waals surface area contributed by atoms with Crippen LogP contribution in [0.2, 0.25) is 0 Å². The van der Waals surface area contributed by atoms with Crippen LogP contribution in [0.4, 0.5) is 4.79 Å². The molecule has 0 aromatic rings. The Labute approximate surface area is 94.7 Å². The summed E-state index contributed by atoms with van der Waals surface area (Å²) in [6.45, 7) is 2.71. The maximum atomic E-state index is 11.9. The number of rotatable bonds is 2. The number of carboxylic acid groups (broad SMARTS) is 1. The zero-order chi connectivity index (χ0) is 12.3. The van der Waals surface area contributed by atoms with Gasteiger partial charge in [-0.3, -0.25) is 9.63 Å². The first kappa shape index (κ1) is 12.8. The van der Waals surface area contributed by atoms with Gasteiger partial charge in [-0.2, -0.15) is 0 Å². The summed E-state index contributed by atoms with van der Waals surface area (Å²) in [5.74, 6) is -0.295. The zero-order valence-electron chi connectivity index (χ0n) is 9.84. The minimum atomic E-state index is -0.968. The first-order chi connectivity index (χ1) is 7.47. The lowest BCUT2D eigenvalue weighted by Gasteiger charge is -2.35. The Morgan fingerprint density at radius 1 is 1.50 bits per heavy atom. The molecule has 0 aromatic heterocycles. The molecule has 6 nitrogen and oxygen atoms in total. The van der Waals surface area contributed by atoms with Crippen molar-refractivity contribution in [2.45, 2.75) is 13.3 Å². The van der Waals surface area contributed by atoms with Gasteiger partial charge in [-0.05, 0) is 12.3 Å². The average Bonchev–Trinajstić information content (AvgIpc) is 2.27. The normalized spacial score (nSPS) is 25.3. The summed E-state index contributed by atoms with van der Waals surface area (Å²) in [5, 5.41) is 10.0. The summed E-state index contributed by atoms with van der Waals surface area (Å²) >= 11 is 0. The smallest absolute Gasteiger partial charge is 0.407 e. The summed E-state index contributed by atoms with van der Waals surface area (Å²) in [6.07, 6.45) is -0.259. The highest BCUT2D eigenvalue weighted by Crippen LogP contribution is 2.24. The van der Waals surface area contributed by atoms with Crippen LogP contribution in [0.15, 0.2) is 0 Å². The molecule has 1 aliphatic heterocycles. The van der Waals surface area contributed by atoms with Gasteiger partial charge in [0.25, 0.3) is 5.91 Å². The van der Waals surface area contributed by atoms with Gasteiger partial charge in [0.05, 0.1) is 13.0 Å². The quantitative estimate of drug-likeness (QED) is 0.707. The molecule has 1 rings (SSSR count). The second kappa shape index (κ2) is 5.16. The van der Waals surface area contributed by atoms with Crippen LogP contribution < -0.4 is 0 Å². The fourth-order valence-corrected chi connectivity index (χ4v) is 1.89. The largest absolute Gasteiger partial charge is 0.465 e. The molecular formula is C10H18N2O4. The molecule has 1 aliphatic rings. The van der Waals surface area contributed by atoms with Crippen molar-refractivity contribution in [3.05, 3.63) is 0 Å². The molecule has 92 valence electrons. The molecule has 1 N–H and O–H groups in total. The van der Waals surface area contributed by atoms with Gasteiger partial charge in [-0.1, -0.05) is 6.92 Å². The van der Waals surface area contributed by atoms with Gasteiger partial charge in [0, 0.05) is 20.1 Å². The van der Waals surface area contributed by atoms with Crippen LogP contribution in [0.3, 0.4) is 0 Å². The van der Waals surface area contributed by atoms with Crippen LogP contribution in [0.5, 0.6) is 0 Å². The van der Waals surface area contributed by atoms with Gasteiger partial charge in [0.1, 0.15) is 0 Å². The van der Waals surface area contributed by atoms with Crippen molar-refractivity contribution in [1.82, 2.24) is 9.96 Å². The molecule has 0 bridgehead atoms. The Balaban J connectivity index is 2.69. The van der Waals surface area contributed by atoms with E-state index in [1.54, 1.807) is 0 Å². The van der Waals surface area contributed by atoms with Gasteiger partial charge in [0.15, 0.2) is 0 Å². The van der Waals surface area contributed by atoms with E-state index in [1.807, 2.05) is 6.92 Å². The van der Waals surface area contributed by atoms with E-state index in [4.69, 9.17) is 9.94 Å². The number of hydroxylamine groups is 2. The first-order valence-corrected chi connectivity index (χ1v) is 5.27. The molecule has 1 saturated heterocycles. The average molecular weight is 230 g/mol. The van der Waals surface area contributed by atoms with Crippen molar-refractivity contribution in [1.29, 1.82) is 0 Å². The summed E-state index contributed by atoms with van der Waals surface area (Å²) in [6, 6.07) is 0. The van der Waals surface area contributed by atoms with E-state index in [2.05, 4.69) is 0 Å². The highest BCUT2D eigenvalue weighted by atomic mass is 16.7. The Hall–Kier alpha value is -1.30. The van der Waals surface area contributed by atoms with Crippen LogP contribution in [0.1, 0.15) is 13.3 Å². The number of hydrogen-bond acceptors (Lipinski definition) is 3. The lowest BCUT2D eigenvalue weighted by molar-refractivity contribution is -0.176. The van der Waals surface area contributed by atoms with Gasteiger partial charge in [0.2, 0.25) is 0 Å². The van der Waals surface area contributed by atoms with Crippen LogP contribution in [0.25, 0.3) is 0 Å². The molecular weight excluding hydrogens is 212 g/mol. The van der Waals surface area contributed by atoms with Crippen LogP contribution in [-0.2, 0) is 9.63 Å². The number of hydrogen-bond donors (Lipinski definition) is 1. The minimum Gasteiger partial charge on any atom is -0.465 e. The number of piperidine rings is 1. The van der Waals surface area contributed by atoms with Crippen molar-refractivity contribution in [2.75, 3.05) is 27.2 Å². The molecule has 0 radical (unpaired) electrons. The number of carbonyl (C=O) groups is 2. The zero-order valence-corrected chi connectivity index (χ0v) is 9.84. The molecule has 6 heteroatoms. The Morgan fingerprint density at radius 2 is 2.12 bits per heavy atom. The molecule has 1 fully saturated rings. The third-order valence-corrected chi connectivity index (χ3v) is 3.13. The molecule has 16 heavy (non-hydrogen) atoms. The molecule has 0 aliphatic carbocycles. The topological polar surface area (TPSA) is 70.1 Å². The SMILES string of the molecule is CON(C)C(=O)C1CN(C(=O)O)CCC1C.